The quantitative estimate of drug-likeness (QED) is 0.134. The number of thiazole rings is 1. The van der Waals surface area contributed by atoms with Gasteiger partial charge in [0.15, 0.2) is 5.13 Å². The molecular weight excluding hydrogens is 577 g/mol. The Balaban J connectivity index is 1.91. The lowest BCUT2D eigenvalue weighted by molar-refractivity contribution is -0.137. The summed E-state index contributed by atoms with van der Waals surface area (Å²) in [7, 11) is 0. The fraction of sp³-hybridized carbons (Fsp3) is 0.200. The van der Waals surface area contributed by atoms with E-state index in [0.717, 1.165) is 33.4 Å². The molecule has 9 heteroatoms. The number of hydrogen-bond donors (Lipinski definition) is 1. The molecule has 2 atom stereocenters. The molecule has 0 radical (unpaired) electrons. The van der Waals surface area contributed by atoms with E-state index in [0.29, 0.717) is 16.9 Å². The van der Waals surface area contributed by atoms with Crippen LogP contribution >= 0.6 is 33.9 Å². The highest BCUT2D eigenvalue weighted by Gasteiger charge is 2.35. The first kappa shape index (κ1) is 24.6. The first-order valence-electron chi connectivity index (χ1n) is 10.4. The van der Waals surface area contributed by atoms with Crippen molar-refractivity contribution in [3.63, 3.8) is 0 Å². The Morgan fingerprint density at radius 3 is 2.38 bits per heavy atom. The Morgan fingerprint density at radius 2 is 1.79 bits per heavy atom. The van der Waals surface area contributed by atoms with Crippen LogP contribution in [0.25, 0.3) is 0 Å². The normalized spacial score (nSPS) is 13.5. The lowest BCUT2D eigenvalue weighted by atomic mass is 9.83. The second-order valence-electron chi connectivity index (χ2n) is 7.80. The van der Waals surface area contributed by atoms with Crippen LogP contribution in [0, 0.1) is 12.7 Å². The number of aryl methyl sites for hydroxylation is 1. The Kier molecular flexibility index (Phi) is 7.51. The molecule has 4 aromatic rings. The highest BCUT2D eigenvalue weighted by molar-refractivity contribution is 14.1. The summed E-state index contributed by atoms with van der Waals surface area (Å²) < 4.78 is 56.0. The van der Waals surface area contributed by atoms with Gasteiger partial charge in [-0.3, -0.25) is 4.98 Å². The van der Waals surface area contributed by atoms with Crippen LogP contribution in [-0.4, -0.2) is 9.97 Å². The third-order valence-electron chi connectivity index (χ3n) is 5.32. The van der Waals surface area contributed by atoms with E-state index in [9.17, 15) is 17.6 Å². The largest absolute Gasteiger partial charge is 0.416 e. The fourth-order valence-corrected chi connectivity index (χ4v) is 4.94. The first-order valence-corrected chi connectivity index (χ1v) is 12.8. The monoisotopic (exact) mass is 597 g/mol. The Hall–Kier alpha value is -2.53. The van der Waals surface area contributed by atoms with Gasteiger partial charge in [-0.2, -0.15) is 13.2 Å². The van der Waals surface area contributed by atoms with Crippen LogP contribution in [-0.2, 0) is 10.6 Å². The van der Waals surface area contributed by atoms with Crippen molar-refractivity contribution >= 4 is 39.1 Å². The summed E-state index contributed by atoms with van der Waals surface area (Å²) in [5, 5.41) is 5.89. The topological polar surface area (TPSA) is 37.8 Å². The minimum Gasteiger partial charge on any atom is -0.354 e. The van der Waals surface area contributed by atoms with E-state index >= 15 is 0 Å². The Bertz CT molecular complexity index is 1240. The highest BCUT2D eigenvalue weighted by atomic mass is 127. The minimum atomic E-state index is -4.68. The van der Waals surface area contributed by atoms with Gasteiger partial charge in [-0.15, -0.1) is 11.3 Å². The van der Waals surface area contributed by atoms with E-state index in [1.165, 1.54) is 11.3 Å². The van der Waals surface area contributed by atoms with Crippen molar-refractivity contribution in [1.82, 2.24) is 9.97 Å². The van der Waals surface area contributed by atoms with Crippen molar-refractivity contribution in [2.75, 3.05) is 5.32 Å². The standard InChI is InChI=1S/C25H20F4IN3S/c1-15-14-34-24(32-15)33-23(17-5-3-2-4-6-17)22(21-8-7-16(12-30)13-31-21)18-9-19(25(27,28)29)11-20(26)10-18/h2-11,13-14,22-23H,12H2,1H3,(H,32,33). The second-order valence-corrected chi connectivity index (χ2v) is 9.42. The molecule has 0 fully saturated rings. The Labute approximate surface area is 212 Å². The highest BCUT2D eigenvalue weighted by Crippen LogP contribution is 2.41. The van der Waals surface area contributed by atoms with Gasteiger partial charge in [0.25, 0.3) is 0 Å². The van der Waals surface area contributed by atoms with Gasteiger partial charge in [-0.1, -0.05) is 59.0 Å². The molecule has 3 nitrogen and oxygen atoms in total. The summed E-state index contributed by atoms with van der Waals surface area (Å²) in [5.74, 6) is -1.66. The molecule has 1 N–H and O–H groups in total. The van der Waals surface area contributed by atoms with Gasteiger partial charge in [0.2, 0.25) is 0 Å². The summed E-state index contributed by atoms with van der Waals surface area (Å²) in [6.45, 7) is 1.86. The van der Waals surface area contributed by atoms with E-state index in [2.05, 4.69) is 37.9 Å². The van der Waals surface area contributed by atoms with Gasteiger partial charge in [-0.05, 0) is 47.9 Å². The number of nitrogens with zero attached hydrogens (tertiary/aromatic N) is 2. The van der Waals surface area contributed by atoms with E-state index in [1.807, 2.05) is 48.7 Å². The van der Waals surface area contributed by atoms with Crippen LogP contribution in [0.5, 0.6) is 0 Å². The van der Waals surface area contributed by atoms with Gasteiger partial charge in [0.05, 0.1) is 28.9 Å². The van der Waals surface area contributed by atoms with Gasteiger partial charge in [0, 0.05) is 16.0 Å². The van der Waals surface area contributed by atoms with Crippen LogP contribution in [0.4, 0.5) is 22.7 Å². The van der Waals surface area contributed by atoms with Crippen molar-refractivity contribution in [1.29, 1.82) is 0 Å². The molecule has 2 aromatic heterocycles. The molecule has 0 amide bonds. The maximum absolute atomic E-state index is 14.5. The van der Waals surface area contributed by atoms with E-state index < -0.39 is 29.5 Å². The SMILES string of the molecule is Cc1csc(NC(c2ccccc2)C(c2cc(F)cc(C(F)(F)F)c2)c2ccc(CI)cn2)n1. The number of halogens is 5. The van der Waals surface area contributed by atoms with Crippen LogP contribution in [0.15, 0.2) is 72.2 Å². The van der Waals surface area contributed by atoms with Crippen molar-refractivity contribution in [2.24, 2.45) is 0 Å². The number of nitrogens with one attached hydrogen (secondary N) is 1. The van der Waals surface area contributed by atoms with Crippen molar-refractivity contribution in [3.8, 4) is 0 Å². The summed E-state index contributed by atoms with van der Waals surface area (Å²) in [4.78, 5) is 9.05. The third-order valence-corrected chi connectivity index (χ3v) is 7.09. The number of benzene rings is 2. The van der Waals surface area contributed by atoms with Crippen LogP contribution in [0.1, 0.15) is 45.6 Å². The van der Waals surface area contributed by atoms with Crippen LogP contribution < -0.4 is 5.32 Å². The predicted molar refractivity (Wildman–Crippen MR) is 135 cm³/mol. The molecule has 2 aromatic carbocycles. The average molecular weight is 597 g/mol. The van der Waals surface area contributed by atoms with Crippen LogP contribution in [0.3, 0.4) is 0 Å². The smallest absolute Gasteiger partial charge is 0.354 e. The zero-order valence-electron chi connectivity index (χ0n) is 18.0. The molecule has 0 aliphatic heterocycles. The number of pyridine rings is 1. The summed E-state index contributed by atoms with van der Waals surface area (Å²) in [6, 6.07) is 15.1. The molecule has 2 unspecified atom stereocenters. The molecule has 0 aliphatic rings. The molecule has 4 rings (SSSR count). The molecule has 176 valence electrons. The third kappa shape index (κ3) is 5.75. The average Bonchev–Trinajstić information content (AvgIpc) is 3.23. The number of alkyl halides is 4. The molecule has 0 saturated heterocycles. The molecule has 0 spiro atoms. The molecular formula is C25H20F4IN3S. The minimum absolute atomic E-state index is 0.177. The summed E-state index contributed by atoms with van der Waals surface area (Å²) >= 11 is 3.62. The van der Waals surface area contributed by atoms with Gasteiger partial charge >= 0.3 is 6.18 Å². The fourth-order valence-electron chi connectivity index (χ4n) is 3.76. The molecule has 0 saturated carbocycles. The molecule has 2 heterocycles. The Morgan fingerprint density at radius 1 is 1.03 bits per heavy atom. The molecule has 34 heavy (non-hydrogen) atoms. The summed E-state index contributed by atoms with van der Waals surface area (Å²) in [5.41, 5.74) is 2.30. The first-order chi connectivity index (χ1) is 16.2. The number of rotatable bonds is 7. The van der Waals surface area contributed by atoms with Crippen molar-refractivity contribution in [2.45, 2.75) is 29.5 Å². The lowest BCUT2D eigenvalue weighted by Crippen LogP contribution is -2.22. The van der Waals surface area contributed by atoms with Crippen molar-refractivity contribution < 1.29 is 17.6 Å². The van der Waals surface area contributed by atoms with Gasteiger partial charge in [-0.25, -0.2) is 9.37 Å². The van der Waals surface area contributed by atoms with Gasteiger partial charge < -0.3 is 5.32 Å². The lowest BCUT2D eigenvalue weighted by Gasteiger charge is -2.29. The zero-order valence-corrected chi connectivity index (χ0v) is 21.0. The van der Waals surface area contributed by atoms with Crippen LogP contribution in [0.2, 0.25) is 0 Å². The maximum Gasteiger partial charge on any atom is 0.416 e. The number of aromatic nitrogens is 2. The predicted octanol–water partition coefficient (Wildman–Crippen LogP) is 7.92. The molecule has 0 bridgehead atoms. The molecule has 0 aliphatic carbocycles. The maximum atomic E-state index is 14.5. The van der Waals surface area contributed by atoms with E-state index in [-0.39, 0.29) is 5.56 Å². The summed E-state index contributed by atoms with van der Waals surface area (Å²) in [6.07, 6.45) is -2.98. The van der Waals surface area contributed by atoms with E-state index in [1.54, 1.807) is 12.3 Å². The second kappa shape index (κ2) is 10.4. The zero-order chi connectivity index (χ0) is 24.3. The van der Waals surface area contributed by atoms with Crippen molar-refractivity contribution in [3.05, 3.63) is 112 Å². The number of hydrogen-bond acceptors (Lipinski definition) is 4. The number of anilines is 1. The van der Waals surface area contributed by atoms with E-state index in [4.69, 9.17) is 0 Å². The van der Waals surface area contributed by atoms with Gasteiger partial charge in [0.1, 0.15) is 5.82 Å².